The van der Waals surface area contributed by atoms with Crippen molar-refractivity contribution in [3.8, 4) is 5.75 Å². The predicted molar refractivity (Wildman–Crippen MR) is 128 cm³/mol. The predicted octanol–water partition coefficient (Wildman–Crippen LogP) is 4.58. The molecule has 2 aromatic rings. The molecule has 0 aromatic heterocycles. The molecule has 7 heteroatoms. The van der Waals surface area contributed by atoms with Gasteiger partial charge in [0.05, 0.1) is 26.0 Å². The van der Waals surface area contributed by atoms with E-state index in [0.29, 0.717) is 11.7 Å². The topological polar surface area (TPSA) is 37.0 Å². The third kappa shape index (κ3) is 6.84. The van der Waals surface area contributed by atoms with Gasteiger partial charge in [-0.1, -0.05) is 29.8 Å². The molecule has 1 saturated heterocycles. The highest BCUT2D eigenvalue weighted by Gasteiger charge is 2.15. The molecule has 1 aliphatic heterocycles. The Labute approximate surface area is 189 Å². The molecule has 0 aliphatic carbocycles. The van der Waals surface area contributed by atoms with Crippen molar-refractivity contribution < 1.29 is 9.47 Å². The van der Waals surface area contributed by atoms with Crippen LogP contribution in [-0.4, -0.2) is 61.4 Å². The summed E-state index contributed by atoms with van der Waals surface area (Å²) >= 11 is 12.0. The van der Waals surface area contributed by atoms with Crippen LogP contribution in [0.25, 0.3) is 0 Å². The molecule has 162 valence electrons. The van der Waals surface area contributed by atoms with Gasteiger partial charge in [0.1, 0.15) is 5.75 Å². The van der Waals surface area contributed by atoms with E-state index in [0.717, 1.165) is 73.4 Å². The molecule has 2 aromatic carbocycles. The molecule has 1 heterocycles. The fourth-order valence-electron chi connectivity index (χ4n) is 3.51. The number of benzene rings is 2. The van der Waals surface area contributed by atoms with Gasteiger partial charge in [-0.3, -0.25) is 4.90 Å². The lowest BCUT2D eigenvalue weighted by Crippen LogP contribution is -2.40. The maximum Gasteiger partial charge on any atom is 0.173 e. The molecule has 3 rings (SSSR count). The second-order valence-electron chi connectivity index (χ2n) is 7.49. The summed E-state index contributed by atoms with van der Waals surface area (Å²) in [5.41, 5.74) is 3.15. The Morgan fingerprint density at radius 3 is 2.77 bits per heavy atom. The first kappa shape index (κ1) is 22.8. The number of nitrogens with one attached hydrogen (secondary N) is 1. The maximum absolute atomic E-state index is 6.20. The van der Waals surface area contributed by atoms with Gasteiger partial charge in [0, 0.05) is 37.7 Å². The van der Waals surface area contributed by atoms with Crippen LogP contribution in [0.5, 0.6) is 5.75 Å². The van der Waals surface area contributed by atoms with E-state index in [4.69, 9.17) is 33.3 Å². The molecule has 0 unspecified atom stereocenters. The number of halogens is 1. The van der Waals surface area contributed by atoms with Crippen LogP contribution in [0.1, 0.15) is 17.5 Å². The van der Waals surface area contributed by atoms with Crippen LogP contribution in [0.15, 0.2) is 42.5 Å². The number of aryl methyl sites for hydroxylation is 1. The second-order valence-corrected chi connectivity index (χ2v) is 8.32. The molecule has 0 amide bonds. The zero-order valence-corrected chi connectivity index (χ0v) is 19.3. The number of methoxy groups -OCH3 is 1. The average molecular weight is 448 g/mol. The Bertz CT molecular complexity index is 843. The lowest BCUT2D eigenvalue weighted by molar-refractivity contribution is 0.0368. The van der Waals surface area contributed by atoms with Crippen molar-refractivity contribution in [1.82, 2.24) is 9.80 Å². The molecule has 30 heavy (non-hydrogen) atoms. The van der Waals surface area contributed by atoms with Gasteiger partial charge in [-0.25, -0.2) is 0 Å². The zero-order chi connectivity index (χ0) is 21.3. The van der Waals surface area contributed by atoms with E-state index in [1.54, 1.807) is 7.11 Å². The van der Waals surface area contributed by atoms with Gasteiger partial charge in [-0.05, 0) is 61.0 Å². The molecule has 0 saturated carbocycles. The van der Waals surface area contributed by atoms with Gasteiger partial charge in [0.2, 0.25) is 0 Å². The number of rotatable bonds is 8. The van der Waals surface area contributed by atoms with Gasteiger partial charge in [-0.15, -0.1) is 0 Å². The number of ether oxygens (including phenoxy) is 2. The van der Waals surface area contributed by atoms with E-state index in [2.05, 4.69) is 21.2 Å². The largest absolute Gasteiger partial charge is 0.495 e. The lowest BCUT2D eigenvalue weighted by Gasteiger charge is -2.30. The zero-order valence-electron chi connectivity index (χ0n) is 17.7. The van der Waals surface area contributed by atoms with Crippen LogP contribution < -0.4 is 10.1 Å². The minimum Gasteiger partial charge on any atom is -0.495 e. The minimum absolute atomic E-state index is 0.680. The van der Waals surface area contributed by atoms with Crippen LogP contribution in [0, 0.1) is 6.92 Å². The fraction of sp³-hybridized carbons (Fsp3) is 0.435. The Morgan fingerprint density at radius 2 is 2.03 bits per heavy atom. The molecule has 1 aliphatic rings. The number of thiocarbonyl (C=S) groups is 1. The van der Waals surface area contributed by atoms with Crippen molar-refractivity contribution in [3.63, 3.8) is 0 Å². The molecule has 0 atom stereocenters. The normalized spacial score (nSPS) is 14.4. The van der Waals surface area contributed by atoms with E-state index in [9.17, 15) is 0 Å². The summed E-state index contributed by atoms with van der Waals surface area (Å²) in [4.78, 5) is 4.64. The standard InChI is InChI=1S/C23H30ClN3O2S/c1-18-7-8-21(22(15-18)28-2)25-23(30)27(17-19-5-3-6-20(24)16-19)10-4-9-26-11-13-29-14-12-26/h3,5-8,15-16H,4,9-14,17H2,1-2H3,(H,25,30). The van der Waals surface area contributed by atoms with E-state index in [1.807, 2.05) is 43.3 Å². The number of morpholine rings is 1. The summed E-state index contributed by atoms with van der Waals surface area (Å²) in [6.07, 6.45) is 1.02. The Kier molecular flexibility index (Phi) is 8.75. The monoisotopic (exact) mass is 447 g/mol. The van der Waals surface area contributed by atoms with Crippen molar-refractivity contribution in [1.29, 1.82) is 0 Å². The van der Waals surface area contributed by atoms with Crippen LogP contribution in [-0.2, 0) is 11.3 Å². The van der Waals surface area contributed by atoms with Crippen molar-refractivity contribution in [2.24, 2.45) is 0 Å². The van der Waals surface area contributed by atoms with Crippen LogP contribution in [0.2, 0.25) is 5.02 Å². The Morgan fingerprint density at radius 1 is 1.23 bits per heavy atom. The Balaban J connectivity index is 1.67. The highest BCUT2D eigenvalue weighted by Crippen LogP contribution is 2.26. The maximum atomic E-state index is 6.20. The summed E-state index contributed by atoms with van der Waals surface area (Å²) < 4.78 is 11.0. The Hall–Kier alpha value is -1.86. The molecule has 1 N–H and O–H groups in total. The molecule has 0 radical (unpaired) electrons. The van der Waals surface area contributed by atoms with Gasteiger partial charge >= 0.3 is 0 Å². The summed E-state index contributed by atoms with van der Waals surface area (Å²) in [6, 6.07) is 14.0. The first-order valence-electron chi connectivity index (χ1n) is 10.3. The van der Waals surface area contributed by atoms with Crippen LogP contribution >= 0.6 is 23.8 Å². The summed E-state index contributed by atoms with van der Waals surface area (Å²) in [5, 5.41) is 4.79. The van der Waals surface area contributed by atoms with E-state index >= 15 is 0 Å². The van der Waals surface area contributed by atoms with Gasteiger partial charge in [-0.2, -0.15) is 0 Å². The summed E-state index contributed by atoms with van der Waals surface area (Å²) in [6.45, 7) is 8.26. The second kappa shape index (κ2) is 11.5. The van der Waals surface area contributed by atoms with Crippen LogP contribution in [0.4, 0.5) is 5.69 Å². The number of nitrogens with zero attached hydrogens (tertiary/aromatic N) is 2. The van der Waals surface area contributed by atoms with Crippen molar-refractivity contribution in [2.75, 3.05) is 51.8 Å². The van der Waals surface area contributed by atoms with Gasteiger partial charge < -0.3 is 19.7 Å². The van der Waals surface area contributed by atoms with Crippen molar-refractivity contribution in [2.45, 2.75) is 19.9 Å². The smallest absolute Gasteiger partial charge is 0.173 e. The number of hydrogen-bond donors (Lipinski definition) is 1. The molecular weight excluding hydrogens is 418 g/mol. The first-order valence-corrected chi connectivity index (χ1v) is 11.1. The number of anilines is 1. The highest BCUT2D eigenvalue weighted by atomic mass is 35.5. The quantitative estimate of drug-likeness (QED) is 0.597. The summed E-state index contributed by atoms with van der Waals surface area (Å²) in [7, 11) is 1.68. The van der Waals surface area contributed by atoms with Crippen molar-refractivity contribution in [3.05, 3.63) is 58.6 Å². The fourth-order valence-corrected chi connectivity index (χ4v) is 3.99. The highest BCUT2D eigenvalue weighted by molar-refractivity contribution is 7.80. The van der Waals surface area contributed by atoms with Gasteiger partial charge in [0.25, 0.3) is 0 Å². The first-order chi connectivity index (χ1) is 14.5. The molecule has 1 fully saturated rings. The minimum atomic E-state index is 0.680. The lowest BCUT2D eigenvalue weighted by atomic mass is 10.2. The van der Waals surface area contributed by atoms with E-state index in [1.165, 1.54) is 0 Å². The van der Waals surface area contributed by atoms with E-state index < -0.39 is 0 Å². The third-order valence-electron chi connectivity index (χ3n) is 5.15. The van der Waals surface area contributed by atoms with Crippen LogP contribution in [0.3, 0.4) is 0 Å². The molecule has 0 bridgehead atoms. The average Bonchev–Trinajstić information content (AvgIpc) is 2.75. The van der Waals surface area contributed by atoms with Crippen molar-refractivity contribution >= 4 is 34.6 Å². The SMILES string of the molecule is COc1cc(C)ccc1NC(=S)N(CCCN1CCOCC1)Cc1cccc(Cl)c1. The molecule has 5 nitrogen and oxygen atoms in total. The third-order valence-corrected chi connectivity index (χ3v) is 5.75. The molecular formula is C23H30ClN3O2S. The summed E-state index contributed by atoms with van der Waals surface area (Å²) in [5.74, 6) is 0.786. The van der Waals surface area contributed by atoms with Gasteiger partial charge in [0.15, 0.2) is 5.11 Å². The van der Waals surface area contributed by atoms with E-state index in [-0.39, 0.29) is 0 Å². The molecule has 0 spiro atoms. The number of hydrogen-bond acceptors (Lipinski definition) is 4.